The molecule has 0 aromatic heterocycles. The van der Waals surface area contributed by atoms with Gasteiger partial charge in [-0.2, -0.15) is 0 Å². The molecule has 1 fully saturated rings. The normalized spacial score (nSPS) is 28.1. The van der Waals surface area contributed by atoms with E-state index in [-0.39, 0.29) is 23.4 Å². The summed E-state index contributed by atoms with van der Waals surface area (Å²) in [6.45, 7) is 0. The van der Waals surface area contributed by atoms with Gasteiger partial charge in [-0.1, -0.05) is 30.4 Å². The monoisotopic (exact) mass is 272 g/mol. The standard InChI is InChI=1S/C14H12N2O4/c17-13-10-6-3-5-9(12(10)14(18)15-13)8-4-1-2-7-11(8)16(19)20/h1-4,6-7,9-10,12H,5H2,(H,15,17,18). The average molecular weight is 272 g/mol. The van der Waals surface area contributed by atoms with Crippen LogP contribution in [0.15, 0.2) is 36.4 Å². The molecule has 3 atom stereocenters. The predicted molar refractivity (Wildman–Crippen MR) is 69.7 cm³/mol. The van der Waals surface area contributed by atoms with Gasteiger partial charge in [0.1, 0.15) is 0 Å². The molecule has 0 saturated carbocycles. The fourth-order valence-electron chi connectivity index (χ4n) is 3.06. The molecule has 3 unspecified atom stereocenters. The van der Waals surface area contributed by atoms with Gasteiger partial charge in [-0.15, -0.1) is 0 Å². The molecule has 6 nitrogen and oxygen atoms in total. The van der Waals surface area contributed by atoms with Crippen LogP contribution in [0, 0.1) is 22.0 Å². The molecule has 1 aliphatic heterocycles. The highest BCUT2D eigenvalue weighted by Gasteiger charge is 2.47. The molecule has 1 aliphatic carbocycles. The van der Waals surface area contributed by atoms with Crippen LogP contribution in [0.4, 0.5) is 5.69 Å². The summed E-state index contributed by atoms with van der Waals surface area (Å²) >= 11 is 0. The maximum atomic E-state index is 11.9. The summed E-state index contributed by atoms with van der Waals surface area (Å²) in [5.41, 5.74) is 0.514. The number of imide groups is 1. The molecule has 0 bridgehead atoms. The van der Waals surface area contributed by atoms with Gasteiger partial charge in [-0.3, -0.25) is 25.0 Å². The van der Waals surface area contributed by atoms with Gasteiger partial charge in [0.2, 0.25) is 11.8 Å². The number of carbonyl (C=O) groups excluding carboxylic acids is 2. The Morgan fingerprint density at radius 3 is 2.70 bits per heavy atom. The minimum Gasteiger partial charge on any atom is -0.296 e. The third-order valence-corrected chi connectivity index (χ3v) is 3.94. The van der Waals surface area contributed by atoms with Crippen molar-refractivity contribution in [2.45, 2.75) is 12.3 Å². The average Bonchev–Trinajstić information content (AvgIpc) is 2.74. The van der Waals surface area contributed by atoms with E-state index in [1.54, 1.807) is 24.3 Å². The smallest absolute Gasteiger partial charge is 0.272 e. The van der Waals surface area contributed by atoms with Crippen LogP contribution in [0.2, 0.25) is 0 Å². The molecule has 20 heavy (non-hydrogen) atoms. The molecular weight excluding hydrogens is 260 g/mol. The Bertz CT molecular complexity index is 638. The van der Waals surface area contributed by atoms with Gasteiger partial charge in [-0.25, -0.2) is 0 Å². The molecule has 2 amide bonds. The quantitative estimate of drug-likeness (QED) is 0.382. The maximum absolute atomic E-state index is 11.9. The highest BCUT2D eigenvalue weighted by Crippen LogP contribution is 2.43. The van der Waals surface area contributed by atoms with Gasteiger partial charge < -0.3 is 0 Å². The SMILES string of the molecule is O=C1NC(=O)C2C1C=CCC2c1ccccc1[N+](=O)[O-]. The van der Waals surface area contributed by atoms with E-state index in [2.05, 4.69) is 5.32 Å². The molecule has 1 heterocycles. The summed E-state index contributed by atoms with van der Waals surface area (Å²) in [7, 11) is 0. The lowest BCUT2D eigenvalue weighted by molar-refractivity contribution is -0.385. The first-order chi connectivity index (χ1) is 9.59. The molecule has 2 aliphatic rings. The van der Waals surface area contributed by atoms with Crippen LogP contribution in [-0.4, -0.2) is 16.7 Å². The lowest BCUT2D eigenvalue weighted by Crippen LogP contribution is -2.27. The maximum Gasteiger partial charge on any atom is 0.272 e. The van der Waals surface area contributed by atoms with Crippen LogP contribution >= 0.6 is 0 Å². The fraction of sp³-hybridized carbons (Fsp3) is 0.286. The van der Waals surface area contributed by atoms with Crippen molar-refractivity contribution < 1.29 is 14.5 Å². The number of allylic oxidation sites excluding steroid dienone is 1. The van der Waals surface area contributed by atoms with Gasteiger partial charge in [0.15, 0.2) is 0 Å². The largest absolute Gasteiger partial charge is 0.296 e. The number of rotatable bonds is 2. The Morgan fingerprint density at radius 1 is 1.20 bits per heavy atom. The van der Waals surface area contributed by atoms with Crippen molar-refractivity contribution in [1.29, 1.82) is 0 Å². The van der Waals surface area contributed by atoms with Crippen molar-refractivity contribution in [3.8, 4) is 0 Å². The molecular formula is C14H12N2O4. The van der Waals surface area contributed by atoms with Gasteiger partial charge in [-0.05, 0) is 6.42 Å². The zero-order valence-electron chi connectivity index (χ0n) is 10.5. The second-order valence-electron chi connectivity index (χ2n) is 4.99. The predicted octanol–water partition coefficient (Wildman–Crippen LogP) is 1.53. The van der Waals surface area contributed by atoms with E-state index in [0.29, 0.717) is 12.0 Å². The van der Waals surface area contributed by atoms with Gasteiger partial charge in [0.05, 0.1) is 16.8 Å². The van der Waals surface area contributed by atoms with Crippen molar-refractivity contribution in [3.63, 3.8) is 0 Å². The van der Waals surface area contributed by atoms with Crippen LogP contribution in [-0.2, 0) is 9.59 Å². The number of benzene rings is 1. The minimum atomic E-state index is -0.548. The summed E-state index contributed by atoms with van der Waals surface area (Å²) < 4.78 is 0. The zero-order chi connectivity index (χ0) is 14.3. The molecule has 6 heteroatoms. The number of fused-ring (bicyclic) bond motifs is 1. The molecule has 1 aromatic carbocycles. The number of para-hydroxylation sites is 1. The minimum absolute atomic E-state index is 0.00120. The number of carbonyl (C=O) groups is 2. The summed E-state index contributed by atoms with van der Waals surface area (Å²) in [5, 5.41) is 13.4. The van der Waals surface area contributed by atoms with Gasteiger partial charge >= 0.3 is 0 Å². The summed E-state index contributed by atoms with van der Waals surface area (Å²) in [6, 6.07) is 6.40. The van der Waals surface area contributed by atoms with E-state index in [1.807, 2.05) is 6.08 Å². The van der Waals surface area contributed by atoms with Crippen molar-refractivity contribution in [1.82, 2.24) is 5.32 Å². The van der Waals surface area contributed by atoms with Crippen LogP contribution in [0.1, 0.15) is 17.9 Å². The van der Waals surface area contributed by atoms with E-state index >= 15 is 0 Å². The molecule has 0 spiro atoms. The van der Waals surface area contributed by atoms with Crippen LogP contribution in [0.3, 0.4) is 0 Å². The topological polar surface area (TPSA) is 89.3 Å². The number of nitrogens with one attached hydrogen (secondary N) is 1. The Hall–Kier alpha value is -2.50. The van der Waals surface area contributed by atoms with E-state index in [0.717, 1.165) is 0 Å². The van der Waals surface area contributed by atoms with Crippen molar-refractivity contribution in [2.75, 3.05) is 0 Å². The second-order valence-corrected chi connectivity index (χ2v) is 4.99. The van der Waals surface area contributed by atoms with Crippen molar-refractivity contribution in [2.24, 2.45) is 11.8 Å². The van der Waals surface area contributed by atoms with Crippen LogP contribution < -0.4 is 5.32 Å². The van der Waals surface area contributed by atoms with E-state index < -0.39 is 16.8 Å². The van der Waals surface area contributed by atoms with Gasteiger partial charge in [0, 0.05) is 17.5 Å². The number of amides is 2. The van der Waals surface area contributed by atoms with Crippen LogP contribution in [0.5, 0.6) is 0 Å². The highest BCUT2D eigenvalue weighted by atomic mass is 16.6. The fourth-order valence-corrected chi connectivity index (χ4v) is 3.06. The molecule has 1 N–H and O–H groups in total. The molecule has 1 saturated heterocycles. The van der Waals surface area contributed by atoms with E-state index in [4.69, 9.17) is 0 Å². The summed E-state index contributed by atoms with van der Waals surface area (Å²) in [6.07, 6.45) is 4.06. The number of nitro groups is 1. The third-order valence-electron chi connectivity index (χ3n) is 3.94. The van der Waals surface area contributed by atoms with Gasteiger partial charge in [0.25, 0.3) is 5.69 Å². The molecule has 102 valence electrons. The van der Waals surface area contributed by atoms with E-state index in [1.165, 1.54) is 6.07 Å². The van der Waals surface area contributed by atoms with Crippen molar-refractivity contribution in [3.05, 3.63) is 52.1 Å². The number of nitro benzene ring substituents is 1. The molecule has 0 radical (unpaired) electrons. The highest BCUT2D eigenvalue weighted by molar-refractivity contribution is 6.06. The Kier molecular flexibility index (Phi) is 2.85. The van der Waals surface area contributed by atoms with Crippen molar-refractivity contribution >= 4 is 17.5 Å². The Balaban J connectivity index is 2.07. The molecule has 1 aromatic rings. The first kappa shape index (κ1) is 12.5. The number of nitrogens with zero attached hydrogens (tertiary/aromatic N) is 1. The first-order valence-electron chi connectivity index (χ1n) is 6.34. The second kappa shape index (κ2) is 4.56. The first-order valence-corrected chi connectivity index (χ1v) is 6.34. The summed E-state index contributed by atoms with van der Waals surface area (Å²) in [5.74, 6) is -2.06. The number of hydrogen-bond acceptors (Lipinski definition) is 4. The third kappa shape index (κ3) is 1.80. The van der Waals surface area contributed by atoms with Crippen LogP contribution in [0.25, 0.3) is 0 Å². The molecule has 3 rings (SSSR count). The Labute approximate surface area is 114 Å². The lowest BCUT2D eigenvalue weighted by atomic mass is 9.73. The zero-order valence-corrected chi connectivity index (χ0v) is 10.5. The summed E-state index contributed by atoms with van der Waals surface area (Å²) in [4.78, 5) is 34.3. The Morgan fingerprint density at radius 2 is 1.95 bits per heavy atom. The number of hydrogen-bond donors (Lipinski definition) is 1. The lowest BCUT2D eigenvalue weighted by Gasteiger charge is -2.26. The van der Waals surface area contributed by atoms with E-state index in [9.17, 15) is 19.7 Å².